The van der Waals surface area contributed by atoms with E-state index >= 15 is 0 Å². The molecule has 1 heterocycles. The standard InChI is InChI=1S/C19H24ClN3O3/c1-12-5-3-4-10-19(12)17(25)23(18(26)22-19)11-16(24)21-13(2)14-6-8-15(20)9-7-14/h6-9,12-13H,3-5,10-11H2,1-2H3,(H,21,24)(H,22,26)/t12-,13+,19-/m1/s1. The number of carbonyl (C=O) groups excluding carboxylic acids is 3. The second-order valence-electron chi connectivity index (χ2n) is 7.28. The van der Waals surface area contributed by atoms with Crippen LogP contribution < -0.4 is 10.6 Å². The van der Waals surface area contributed by atoms with E-state index in [2.05, 4.69) is 10.6 Å². The molecule has 3 atom stereocenters. The van der Waals surface area contributed by atoms with Crippen LogP contribution >= 0.6 is 11.6 Å². The van der Waals surface area contributed by atoms with Gasteiger partial charge in [-0.3, -0.25) is 14.5 Å². The summed E-state index contributed by atoms with van der Waals surface area (Å²) < 4.78 is 0. The summed E-state index contributed by atoms with van der Waals surface area (Å²) in [5.41, 5.74) is 0.0644. The molecular weight excluding hydrogens is 354 g/mol. The number of urea groups is 1. The highest BCUT2D eigenvalue weighted by molar-refractivity contribution is 6.30. The van der Waals surface area contributed by atoms with E-state index in [0.717, 1.165) is 29.7 Å². The predicted molar refractivity (Wildman–Crippen MR) is 98.6 cm³/mol. The van der Waals surface area contributed by atoms with Crippen LogP contribution in [0.15, 0.2) is 24.3 Å². The Morgan fingerprint density at radius 2 is 2.04 bits per heavy atom. The lowest BCUT2D eigenvalue weighted by Crippen LogP contribution is -2.54. The van der Waals surface area contributed by atoms with E-state index in [4.69, 9.17) is 11.6 Å². The zero-order chi connectivity index (χ0) is 18.9. The third kappa shape index (κ3) is 3.43. The van der Waals surface area contributed by atoms with Crippen molar-refractivity contribution in [3.63, 3.8) is 0 Å². The second-order valence-corrected chi connectivity index (χ2v) is 7.72. The number of nitrogens with zero attached hydrogens (tertiary/aromatic N) is 1. The number of hydrogen-bond donors (Lipinski definition) is 2. The summed E-state index contributed by atoms with van der Waals surface area (Å²) in [6, 6.07) is 6.46. The summed E-state index contributed by atoms with van der Waals surface area (Å²) >= 11 is 5.87. The molecule has 1 aromatic carbocycles. The van der Waals surface area contributed by atoms with Crippen LogP contribution in [0, 0.1) is 5.92 Å². The van der Waals surface area contributed by atoms with Gasteiger partial charge in [0.15, 0.2) is 0 Å². The largest absolute Gasteiger partial charge is 0.348 e. The quantitative estimate of drug-likeness (QED) is 0.791. The van der Waals surface area contributed by atoms with Gasteiger partial charge in [0, 0.05) is 5.02 Å². The number of rotatable bonds is 4. The fourth-order valence-electron chi connectivity index (χ4n) is 3.90. The minimum Gasteiger partial charge on any atom is -0.348 e. The number of imide groups is 1. The summed E-state index contributed by atoms with van der Waals surface area (Å²) in [4.78, 5) is 38.6. The lowest BCUT2D eigenvalue weighted by Gasteiger charge is -2.36. The first-order valence-electron chi connectivity index (χ1n) is 9.02. The fourth-order valence-corrected chi connectivity index (χ4v) is 4.03. The molecule has 0 radical (unpaired) electrons. The molecule has 0 bridgehead atoms. The van der Waals surface area contributed by atoms with Crippen LogP contribution in [0.5, 0.6) is 0 Å². The molecule has 1 aliphatic heterocycles. The topological polar surface area (TPSA) is 78.5 Å². The van der Waals surface area contributed by atoms with Crippen molar-refractivity contribution in [1.82, 2.24) is 15.5 Å². The summed E-state index contributed by atoms with van der Waals surface area (Å²) in [5.74, 6) is -0.561. The molecule has 140 valence electrons. The number of carbonyl (C=O) groups is 3. The third-order valence-corrected chi connectivity index (χ3v) is 5.80. The van der Waals surface area contributed by atoms with Crippen LogP contribution in [0.4, 0.5) is 4.79 Å². The Morgan fingerprint density at radius 1 is 1.35 bits per heavy atom. The lowest BCUT2D eigenvalue weighted by molar-refractivity contribution is -0.137. The van der Waals surface area contributed by atoms with E-state index in [1.165, 1.54) is 0 Å². The summed E-state index contributed by atoms with van der Waals surface area (Å²) in [7, 11) is 0. The highest BCUT2D eigenvalue weighted by Gasteiger charge is 2.55. The van der Waals surface area contributed by atoms with Crippen molar-refractivity contribution in [3.05, 3.63) is 34.9 Å². The second kappa shape index (κ2) is 7.27. The minimum atomic E-state index is -0.836. The number of nitrogens with one attached hydrogen (secondary N) is 2. The van der Waals surface area contributed by atoms with Gasteiger partial charge in [-0.05, 0) is 43.4 Å². The van der Waals surface area contributed by atoms with Gasteiger partial charge in [-0.1, -0.05) is 43.5 Å². The lowest BCUT2D eigenvalue weighted by atomic mass is 9.73. The Labute approximate surface area is 158 Å². The van der Waals surface area contributed by atoms with Crippen LogP contribution in [0.2, 0.25) is 5.02 Å². The van der Waals surface area contributed by atoms with E-state index in [1.54, 1.807) is 12.1 Å². The molecule has 2 N–H and O–H groups in total. The zero-order valence-electron chi connectivity index (χ0n) is 15.0. The van der Waals surface area contributed by atoms with Crippen LogP contribution in [0.25, 0.3) is 0 Å². The average molecular weight is 378 g/mol. The Morgan fingerprint density at radius 3 is 2.69 bits per heavy atom. The molecule has 2 fully saturated rings. The van der Waals surface area contributed by atoms with Gasteiger partial charge in [-0.15, -0.1) is 0 Å². The van der Waals surface area contributed by atoms with Crippen molar-refractivity contribution >= 4 is 29.4 Å². The number of halogens is 1. The Hall–Kier alpha value is -2.08. The van der Waals surface area contributed by atoms with Crippen molar-refractivity contribution in [2.45, 2.75) is 51.1 Å². The van der Waals surface area contributed by atoms with Gasteiger partial charge in [0.2, 0.25) is 5.91 Å². The average Bonchev–Trinajstić information content (AvgIpc) is 2.83. The van der Waals surface area contributed by atoms with Crippen molar-refractivity contribution in [3.8, 4) is 0 Å². The zero-order valence-corrected chi connectivity index (χ0v) is 15.8. The SMILES string of the molecule is C[C@H](NC(=O)CN1C(=O)N[C@@]2(CCCC[C@H]2C)C1=O)c1ccc(Cl)cc1. The Balaban J connectivity index is 1.64. The van der Waals surface area contributed by atoms with E-state index in [1.807, 2.05) is 26.0 Å². The summed E-state index contributed by atoms with van der Waals surface area (Å²) in [6.45, 7) is 3.57. The van der Waals surface area contributed by atoms with E-state index in [9.17, 15) is 14.4 Å². The van der Waals surface area contributed by atoms with Gasteiger partial charge in [0.25, 0.3) is 5.91 Å². The molecule has 1 aromatic rings. The highest BCUT2D eigenvalue weighted by Crippen LogP contribution is 2.38. The number of benzene rings is 1. The molecule has 2 aliphatic rings. The molecule has 26 heavy (non-hydrogen) atoms. The maximum Gasteiger partial charge on any atom is 0.325 e. The first-order valence-corrected chi connectivity index (χ1v) is 9.40. The maximum absolute atomic E-state index is 12.9. The molecule has 0 unspecified atom stereocenters. The Kier molecular flexibility index (Phi) is 5.23. The number of amides is 4. The monoisotopic (exact) mass is 377 g/mol. The minimum absolute atomic E-state index is 0.0775. The molecule has 1 aliphatic carbocycles. The molecule has 7 heteroatoms. The summed E-state index contributed by atoms with van der Waals surface area (Å²) in [5, 5.41) is 6.31. The fraction of sp³-hybridized carbons (Fsp3) is 0.526. The van der Waals surface area contributed by atoms with E-state index < -0.39 is 11.6 Å². The summed E-state index contributed by atoms with van der Waals surface area (Å²) in [6.07, 6.45) is 3.51. The molecule has 0 aromatic heterocycles. The van der Waals surface area contributed by atoms with Gasteiger partial charge in [0.05, 0.1) is 6.04 Å². The van der Waals surface area contributed by atoms with Gasteiger partial charge in [0.1, 0.15) is 12.1 Å². The van der Waals surface area contributed by atoms with Crippen LogP contribution in [0.1, 0.15) is 51.1 Å². The van der Waals surface area contributed by atoms with E-state index in [0.29, 0.717) is 11.4 Å². The normalized spacial score (nSPS) is 26.7. The molecule has 4 amide bonds. The molecule has 1 saturated carbocycles. The van der Waals surface area contributed by atoms with Crippen LogP contribution in [0.3, 0.4) is 0 Å². The Bertz CT molecular complexity index is 721. The van der Waals surface area contributed by atoms with Gasteiger partial charge >= 0.3 is 6.03 Å². The first-order chi connectivity index (χ1) is 12.3. The van der Waals surface area contributed by atoms with Gasteiger partial charge < -0.3 is 10.6 Å². The number of hydrogen-bond acceptors (Lipinski definition) is 3. The molecule has 3 rings (SSSR count). The molecule has 6 nitrogen and oxygen atoms in total. The predicted octanol–water partition coefficient (Wildman–Crippen LogP) is 3.02. The van der Waals surface area contributed by atoms with Crippen molar-refractivity contribution < 1.29 is 14.4 Å². The van der Waals surface area contributed by atoms with Gasteiger partial charge in [-0.2, -0.15) is 0 Å². The highest BCUT2D eigenvalue weighted by atomic mass is 35.5. The van der Waals surface area contributed by atoms with E-state index in [-0.39, 0.29) is 30.3 Å². The van der Waals surface area contributed by atoms with Crippen LogP contribution in [-0.4, -0.2) is 34.8 Å². The molecule has 1 spiro atoms. The van der Waals surface area contributed by atoms with Crippen LogP contribution in [-0.2, 0) is 9.59 Å². The maximum atomic E-state index is 12.9. The third-order valence-electron chi connectivity index (χ3n) is 5.55. The van der Waals surface area contributed by atoms with Gasteiger partial charge in [-0.25, -0.2) is 4.79 Å². The molecular formula is C19H24ClN3O3. The smallest absolute Gasteiger partial charge is 0.325 e. The van der Waals surface area contributed by atoms with Crippen molar-refractivity contribution in [2.24, 2.45) is 5.92 Å². The van der Waals surface area contributed by atoms with Crippen molar-refractivity contribution in [1.29, 1.82) is 0 Å². The first kappa shape index (κ1) is 18.7. The van der Waals surface area contributed by atoms with Crippen molar-refractivity contribution in [2.75, 3.05) is 6.54 Å². The molecule has 1 saturated heterocycles.